The number of rotatable bonds is 2. The highest BCUT2D eigenvalue weighted by Crippen LogP contribution is 2.31. The van der Waals surface area contributed by atoms with Crippen LogP contribution in [0.3, 0.4) is 0 Å². The van der Waals surface area contributed by atoms with Gasteiger partial charge in [0, 0.05) is 18.3 Å². The molecule has 2 heterocycles. The molecule has 0 saturated carbocycles. The van der Waals surface area contributed by atoms with Crippen molar-refractivity contribution in [3.63, 3.8) is 0 Å². The Morgan fingerprint density at radius 3 is 2.75 bits per heavy atom. The molecule has 0 spiro atoms. The summed E-state index contributed by atoms with van der Waals surface area (Å²) >= 11 is 0. The van der Waals surface area contributed by atoms with Gasteiger partial charge >= 0.3 is 5.97 Å². The number of H-pyrrole nitrogens is 2. The Morgan fingerprint density at radius 1 is 1.30 bits per heavy atom. The number of amides is 1. The van der Waals surface area contributed by atoms with Crippen molar-refractivity contribution in [2.75, 3.05) is 11.9 Å². The zero-order chi connectivity index (χ0) is 14.4. The summed E-state index contributed by atoms with van der Waals surface area (Å²) in [4.78, 5) is 35.8. The third-order valence-corrected chi connectivity index (χ3v) is 3.44. The van der Waals surface area contributed by atoms with E-state index >= 15 is 0 Å². The Balaban J connectivity index is 2.14. The average Bonchev–Trinajstić information content (AvgIpc) is 2.91. The molecule has 2 aromatic rings. The number of hydrogen-bond donors (Lipinski definition) is 3. The van der Waals surface area contributed by atoms with Crippen molar-refractivity contribution in [2.45, 2.75) is 6.42 Å². The lowest BCUT2D eigenvalue weighted by Gasteiger charge is -2.10. The fourth-order valence-electron chi connectivity index (χ4n) is 2.40. The number of anilines is 1. The van der Waals surface area contributed by atoms with Crippen molar-refractivity contribution in [1.29, 1.82) is 0 Å². The van der Waals surface area contributed by atoms with Crippen LogP contribution in [-0.4, -0.2) is 34.2 Å². The summed E-state index contributed by atoms with van der Waals surface area (Å²) in [6.07, 6.45) is 0.275. The summed E-state index contributed by atoms with van der Waals surface area (Å²) in [7, 11) is 1.69. The molecule has 3 N–H and O–H groups in total. The molecule has 0 unspecified atom stereocenters. The van der Waals surface area contributed by atoms with Gasteiger partial charge in [-0.25, -0.2) is 4.79 Å². The molecule has 1 aromatic heterocycles. The molecular formula is C13H11N3O4. The summed E-state index contributed by atoms with van der Waals surface area (Å²) in [5, 5.41) is 13.9. The van der Waals surface area contributed by atoms with Crippen LogP contribution >= 0.6 is 0 Å². The van der Waals surface area contributed by atoms with Crippen molar-refractivity contribution in [3.8, 4) is 11.3 Å². The van der Waals surface area contributed by atoms with Gasteiger partial charge in [0.2, 0.25) is 5.91 Å². The summed E-state index contributed by atoms with van der Waals surface area (Å²) < 4.78 is 0. The zero-order valence-corrected chi connectivity index (χ0v) is 10.6. The molecule has 102 valence electrons. The Bertz CT molecular complexity index is 787. The van der Waals surface area contributed by atoms with Crippen LogP contribution in [0.2, 0.25) is 0 Å². The van der Waals surface area contributed by atoms with Crippen LogP contribution in [0.1, 0.15) is 15.9 Å². The average molecular weight is 273 g/mol. The molecule has 7 heteroatoms. The number of fused-ring (bicyclic) bond motifs is 1. The minimum atomic E-state index is -1.30. The van der Waals surface area contributed by atoms with Crippen molar-refractivity contribution >= 4 is 17.6 Å². The van der Waals surface area contributed by atoms with E-state index in [4.69, 9.17) is 5.11 Å². The number of aromatic nitrogens is 2. The van der Waals surface area contributed by atoms with Crippen molar-refractivity contribution in [3.05, 3.63) is 39.7 Å². The number of benzene rings is 1. The molecule has 0 bridgehead atoms. The molecule has 1 aliphatic heterocycles. The maximum Gasteiger partial charge on any atom is 0.343 e. The number of carboxylic acids is 1. The first-order valence-corrected chi connectivity index (χ1v) is 5.93. The van der Waals surface area contributed by atoms with E-state index in [1.54, 1.807) is 30.1 Å². The van der Waals surface area contributed by atoms with E-state index in [-0.39, 0.29) is 23.6 Å². The second kappa shape index (κ2) is 4.09. The molecule has 1 aromatic carbocycles. The zero-order valence-electron chi connectivity index (χ0n) is 10.6. The monoisotopic (exact) mass is 273 g/mol. The van der Waals surface area contributed by atoms with E-state index in [1.165, 1.54) is 0 Å². The Hall–Kier alpha value is -2.83. The summed E-state index contributed by atoms with van der Waals surface area (Å²) in [5.41, 5.74) is 1.38. The normalized spacial score (nSPS) is 13.7. The van der Waals surface area contributed by atoms with Gasteiger partial charge in [-0.05, 0) is 17.7 Å². The van der Waals surface area contributed by atoms with Gasteiger partial charge in [0.05, 0.1) is 12.1 Å². The summed E-state index contributed by atoms with van der Waals surface area (Å²) in [6, 6.07) is 5.15. The van der Waals surface area contributed by atoms with E-state index in [1.807, 2.05) is 0 Å². The van der Waals surface area contributed by atoms with Gasteiger partial charge in [-0.3, -0.25) is 19.8 Å². The third kappa shape index (κ3) is 1.63. The predicted molar refractivity (Wildman–Crippen MR) is 70.9 cm³/mol. The second-order valence-corrected chi connectivity index (χ2v) is 4.61. The minimum Gasteiger partial charge on any atom is -0.477 e. The van der Waals surface area contributed by atoms with Crippen LogP contribution < -0.4 is 10.5 Å². The number of carbonyl (C=O) groups excluding carboxylic acids is 1. The highest BCUT2D eigenvalue weighted by molar-refractivity contribution is 6.02. The van der Waals surface area contributed by atoms with Gasteiger partial charge in [-0.15, -0.1) is 0 Å². The van der Waals surface area contributed by atoms with Gasteiger partial charge in [-0.2, -0.15) is 0 Å². The smallest absolute Gasteiger partial charge is 0.343 e. The van der Waals surface area contributed by atoms with Gasteiger partial charge in [0.1, 0.15) is 0 Å². The van der Waals surface area contributed by atoms with Crippen molar-refractivity contribution < 1.29 is 14.7 Å². The van der Waals surface area contributed by atoms with Crippen LogP contribution in [-0.2, 0) is 11.2 Å². The number of nitrogens with one attached hydrogen (secondary N) is 2. The molecular weight excluding hydrogens is 262 g/mol. The molecule has 3 rings (SSSR count). The Morgan fingerprint density at radius 2 is 2.05 bits per heavy atom. The molecule has 7 nitrogen and oxygen atoms in total. The lowest BCUT2D eigenvalue weighted by Crippen LogP contribution is -2.20. The predicted octanol–water partition coefficient (Wildman–Crippen LogP) is 0.587. The molecule has 0 fully saturated rings. The molecule has 0 radical (unpaired) electrons. The number of likely N-dealkylation sites (N-methyl/N-ethyl adjacent to an activating group) is 1. The first-order chi connectivity index (χ1) is 9.49. The molecule has 20 heavy (non-hydrogen) atoms. The maximum absolute atomic E-state index is 11.6. The van der Waals surface area contributed by atoms with Gasteiger partial charge in [0.15, 0.2) is 5.56 Å². The van der Waals surface area contributed by atoms with Gasteiger partial charge in [-0.1, -0.05) is 6.07 Å². The maximum atomic E-state index is 11.6. The number of carboxylic acid groups (broad SMARTS) is 1. The number of aromatic amines is 2. The van der Waals surface area contributed by atoms with E-state index in [9.17, 15) is 14.4 Å². The largest absolute Gasteiger partial charge is 0.477 e. The number of hydrogen-bond acceptors (Lipinski definition) is 3. The molecule has 0 aliphatic carbocycles. The highest BCUT2D eigenvalue weighted by atomic mass is 16.4. The van der Waals surface area contributed by atoms with Crippen LogP contribution in [0.25, 0.3) is 11.3 Å². The minimum absolute atomic E-state index is 0.0156. The van der Waals surface area contributed by atoms with E-state index in [0.29, 0.717) is 5.56 Å². The highest BCUT2D eigenvalue weighted by Gasteiger charge is 2.25. The van der Waals surface area contributed by atoms with E-state index < -0.39 is 11.5 Å². The van der Waals surface area contributed by atoms with E-state index in [0.717, 1.165) is 11.3 Å². The van der Waals surface area contributed by atoms with Crippen LogP contribution in [0, 0.1) is 0 Å². The fraction of sp³-hybridized carbons (Fsp3) is 0.154. The molecule has 0 saturated heterocycles. The van der Waals surface area contributed by atoms with Gasteiger partial charge < -0.3 is 10.0 Å². The standard InChI is InChI=1S/C13H11N3O4/c1-16-8-3-2-6(4-7(8)5-9(16)17)11-10(13(19)20)12(18)15-14-11/h2-4H,5H2,1H3,(H,19,20)(H2,14,15,18). The lowest BCUT2D eigenvalue weighted by molar-refractivity contribution is -0.117. The quantitative estimate of drug-likeness (QED) is 0.744. The first kappa shape index (κ1) is 12.2. The van der Waals surface area contributed by atoms with Gasteiger partial charge in [0.25, 0.3) is 5.56 Å². The van der Waals surface area contributed by atoms with Crippen molar-refractivity contribution in [1.82, 2.24) is 10.2 Å². The third-order valence-electron chi connectivity index (χ3n) is 3.44. The topological polar surface area (TPSA) is 106 Å². The van der Waals surface area contributed by atoms with Crippen LogP contribution in [0.4, 0.5) is 5.69 Å². The lowest BCUT2D eigenvalue weighted by atomic mass is 10.0. The van der Waals surface area contributed by atoms with Crippen molar-refractivity contribution in [2.24, 2.45) is 0 Å². The number of nitrogens with zero attached hydrogens (tertiary/aromatic N) is 1. The Labute approximate surface area is 112 Å². The summed E-state index contributed by atoms with van der Waals surface area (Å²) in [6.45, 7) is 0. The SMILES string of the molecule is CN1C(=O)Cc2cc(-c3[nH][nH]c(=O)c3C(=O)O)ccc21. The molecule has 0 atom stereocenters. The van der Waals surface area contributed by atoms with E-state index in [2.05, 4.69) is 10.2 Å². The molecule has 1 amide bonds. The summed E-state index contributed by atoms with van der Waals surface area (Å²) in [5.74, 6) is -1.31. The van der Waals surface area contributed by atoms with Crippen LogP contribution in [0.15, 0.2) is 23.0 Å². The Kier molecular flexibility index (Phi) is 2.50. The van der Waals surface area contributed by atoms with Crippen LogP contribution in [0.5, 0.6) is 0 Å². The molecule has 1 aliphatic rings. The second-order valence-electron chi connectivity index (χ2n) is 4.61. The number of carbonyl (C=O) groups is 2. The number of aromatic carboxylic acids is 1. The first-order valence-electron chi connectivity index (χ1n) is 5.93. The fourth-order valence-corrected chi connectivity index (χ4v) is 2.40.